The lowest BCUT2D eigenvalue weighted by molar-refractivity contribution is 0.0169. The minimum absolute atomic E-state index is 0.184. The van der Waals surface area contributed by atoms with E-state index in [4.69, 9.17) is 9.84 Å². The average molecular weight is 198 g/mol. The van der Waals surface area contributed by atoms with Crippen LogP contribution in [0.5, 0.6) is 0 Å². The van der Waals surface area contributed by atoms with E-state index in [0.717, 1.165) is 12.8 Å². The molecule has 1 aliphatic carbocycles. The molecule has 2 aliphatic rings. The van der Waals surface area contributed by atoms with E-state index in [1.54, 1.807) is 0 Å². The largest absolute Gasteiger partial charge is 0.396 e. The molecule has 2 rings (SSSR count). The summed E-state index contributed by atoms with van der Waals surface area (Å²) in [5.74, 6) is 0.600. The maximum absolute atomic E-state index is 9.71. The first-order valence-electron chi connectivity index (χ1n) is 5.33. The highest BCUT2D eigenvalue weighted by Crippen LogP contribution is 2.44. The molecule has 1 unspecified atom stereocenters. The first-order chi connectivity index (χ1) is 6.76. The van der Waals surface area contributed by atoms with Gasteiger partial charge in [0.05, 0.1) is 18.3 Å². The maximum Gasteiger partial charge on any atom is 0.0639 e. The third-order valence-electron chi connectivity index (χ3n) is 3.52. The van der Waals surface area contributed by atoms with Gasteiger partial charge in [-0.1, -0.05) is 6.08 Å². The van der Waals surface area contributed by atoms with Crippen LogP contribution in [0.15, 0.2) is 12.7 Å². The van der Waals surface area contributed by atoms with E-state index in [1.165, 1.54) is 0 Å². The van der Waals surface area contributed by atoms with Crippen LogP contribution in [0.3, 0.4) is 0 Å². The van der Waals surface area contributed by atoms with Gasteiger partial charge in [-0.25, -0.2) is 0 Å². The van der Waals surface area contributed by atoms with Crippen molar-refractivity contribution >= 4 is 0 Å². The van der Waals surface area contributed by atoms with Crippen molar-refractivity contribution in [3.63, 3.8) is 0 Å². The number of hydrogen-bond donors (Lipinski definition) is 2. The van der Waals surface area contributed by atoms with Gasteiger partial charge < -0.3 is 14.9 Å². The van der Waals surface area contributed by atoms with E-state index in [-0.39, 0.29) is 30.8 Å². The Balaban J connectivity index is 1.98. The number of fused-ring (bicyclic) bond motifs is 1. The van der Waals surface area contributed by atoms with Crippen LogP contribution < -0.4 is 0 Å². The molecule has 2 fully saturated rings. The van der Waals surface area contributed by atoms with Crippen LogP contribution in [0, 0.1) is 11.8 Å². The van der Waals surface area contributed by atoms with Crippen molar-refractivity contribution in [2.75, 3.05) is 6.61 Å². The highest BCUT2D eigenvalue weighted by molar-refractivity contribution is 5.03. The summed E-state index contributed by atoms with van der Waals surface area (Å²) >= 11 is 0. The van der Waals surface area contributed by atoms with Crippen molar-refractivity contribution in [2.24, 2.45) is 11.8 Å². The van der Waals surface area contributed by atoms with Crippen LogP contribution in [0.4, 0.5) is 0 Å². The fraction of sp³-hybridized carbons (Fsp3) is 0.818. The van der Waals surface area contributed by atoms with Gasteiger partial charge >= 0.3 is 0 Å². The second kappa shape index (κ2) is 4.01. The molecular weight excluding hydrogens is 180 g/mol. The fourth-order valence-corrected chi connectivity index (χ4v) is 2.84. The normalized spacial score (nSPS) is 46.6. The standard InChI is InChI=1S/C11H18O3/c1-2-8-9-5-7(3-4-12)14-11(9)6-10(8)13/h2,7-13H,1,3-6H2/t7?,8-,9-,10-,11+/m1/s1. The van der Waals surface area contributed by atoms with Crippen LogP contribution >= 0.6 is 0 Å². The molecule has 14 heavy (non-hydrogen) atoms. The van der Waals surface area contributed by atoms with E-state index in [0.29, 0.717) is 12.3 Å². The van der Waals surface area contributed by atoms with Gasteiger partial charge in [0.2, 0.25) is 0 Å². The summed E-state index contributed by atoms with van der Waals surface area (Å²) in [6, 6.07) is 0. The summed E-state index contributed by atoms with van der Waals surface area (Å²) in [6.45, 7) is 3.95. The van der Waals surface area contributed by atoms with E-state index < -0.39 is 0 Å². The lowest BCUT2D eigenvalue weighted by Crippen LogP contribution is -2.18. The van der Waals surface area contributed by atoms with Gasteiger partial charge in [0.25, 0.3) is 0 Å². The Labute approximate surface area is 84.4 Å². The average Bonchev–Trinajstić information content (AvgIpc) is 2.61. The van der Waals surface area contributed by atoms with Crippen LogP contribution in [0.25, 0.3) is 0 Å². The highest BCUT2D eigenvalue weighted by Gasteiger charge is 2.47. The number of aliphatic hydroxyl groups excluding tert-OH is 2. The molecular formula is C11H18O3. The molecule has 0 aromatic carbocycles. The van der Waals surface area contributed by atoms with Crippen LogP contribution in [0.1, 0.15) is 19.3 Å². The number of aliphatic hydroxyl groups is 2. The van der Waals surface area contributed by atoms with Gasteiger partial charge in [-0.3, -0.25) is 0 Å². The van der Waals surface area contributed by atoms with Crippen LogP contribution in [-0.4, -0.2) is 35.1 Å². The van der Waals surface area contributed by atoms with E-state index in [9.17, 15) is 5.11 Å². The SMILES string of the molecule is C=C[C@@H]1[C@H]2CC(CCO)O[C@H]2C[C@H]1O. The van der Waals surface area contributed by atoms with E-state index in [1.807, 2.05) is 6.08 Å². The summed E-state index contributed by atoms with van der Waals surface area (Å²) in [6.07, 6.45) is 4.34. The Morgan fingerprint density at radius 2 is 2.21 bits per heavy atom. The second-order valence-corrected chi connectivity index (χ2v) is 4.32. The van der Waals surface area contributed by atoms with Gasteiger partial charge in [0.15, 0.2) is 0 Å². The Hall–Kier alpha value is -0.380. The number of rotatable bonds is 3. The number of ether oxygens (including phenoxy) is 1. The molecule has 1 saturated heterocycles. The molecule has 0 aromatic heterocycles. The summed E-state index contributed by atoms with van der Waals surface area (Å²) in [5.41, 5.74) is 0. The summed E-state index contributed by atoms with van der Waals surface area (Å²) in [5, 5.41) is 18.5. The van der Waals surface area contributed by atoms with Gasteiger partial charge in [-0.05, 0) is 18.8 Å². The van der Waals surface area contributed by atoms with Gasteiger partial charge in [-0.15, -0.1) is 6.58 Å². The predicted molar refractivity (Wildman–Crippen MR) is 52.8 cm³/mol. The third-order valence-corrected chi connectivity index (χ3v) is 3.52. The van der Waals surface area contributed by atoms with E-state index in [2.05, 4.69) is 6.58 Å². The van der Waals surface area contributed by atoms with Gasteiger partial charge in [0, 0.05) is 18.9 Å². The topological polar surface area (TPSA) is 49.7 Å². The van der Waals surface area contributed by atoms with Crippen LogP contribution in [0.2, 0.25) is 0 Å². The summed E-state index contributed by atoms with van der Waals surface area (Å²) in [4.78, 5) is 0. The molecule has 1 heterocycles. The van der Waals surface area contributed by atoms with E-state index >= 15 is 0 Å². The molecule has 1 aliphatic heterocycles. The van der Waals surface area contributed by atoms with Crippen molar-refractivity contribution in [2.45, 2.75) is 37.6 Å². The fourth-order valence-electron chi connectivity index (χ4n) is 2.84. The Morgan fingerprint density at radius 1 is 1.43 bits per heavy atom. The molecule has 0 aromatic rings. The third kappa shape index (κ3) is 1.60. The second-order valence-electron chi connectivity index (χ2n) is 4.32. The molecule has 2 N–H and O–H groups in total. The maximum atomic E-state index is 9.71. The molecule has 0 spiro atoms. The van der Waals surface area contributed by atoms with Crippen molar-refractivity contribution in [3.05, 3.63) is 12.7 Å². The molecule has 1 saturated carbocycles. The molecule has 3 nitrogen and oxygen atoms in total. The van der Waals surface area contributed by atoms with Crippen molar-refractivity contribution in [1.82, 2.24) is 0 Å². The molecule has 0 radical (unpaired) electrons. The van der Waals surface area contributed by atoms with Crippen molar-refractivity contribution in [1.29, 1.82) is 0 Å². The molecule has 5 atom stereocenters. The monoisotopic (exact) mass is 198 g/mol. The van der Waals surface area contributed by atoms with Gasteiger partial charge in [-0.2, -0.15) is 0 Å². The summed E-state index contributed by atoms with van der Waals surface area (Å²) < 4.78 is 5.76. The zero-order valence-corrected chi connectivity index (χ0v) is 8.30. The number of hydrogen-bond acceptors (Lipinski definition) is 3. The molecule has 0 amide bonds. The zero-order chi connectivity index (χ0) is 10.1. The Kier molecular flexibility index (Phi) is 2.91. The van der Waals surface area contributed by atoms with Crippen molar-refractivity contribution < 1.29 is 14.9 Å². The minimum Gasteiger partial charge on any atom is -0.396 e. The Bertz CT molecular complexity index is 217. The smallest absolute Gasteiger partial charge is 0.0639 e. The zero-order valence-electron chi connectivity index (χ0n) is 8.30. The Morgan fingerprint density at radius 3 is 2.86 bits per heavy atom. The first-order valence-corrected chi connectivity index (χ1v) is 5.33. The molecule has 0 bridgehead atoms. The van der Waals surface area contributed by atoms with Crippen molar-refractivity contribution in [3.8, 4) is 0 Å². The first kappa shape index (κ1) is 10.1. The quantitative estimate of drug-likeness (QED) is 0.657. The van der Waals surface area contributed by atoms with Crippen LogP contribution in [-0.2, 0) is 4.74 Å². The van der Waals surface area contributed by atoms with Gasteiger partial charge in [0.1, 0.15) is 0 Å². The summed E-state index contributed by atoms with van der Waals surface area (Å²) in [7, 11) is 0. The molecule has 80 valence electrons. The predicted octanol–water partition coefficient (Wildman–Crippen LogP) is 0.709. The lowest BCUT2D eigenvalue weighted by atomic mass is 9.90. The highest BCUT2D eigenvalue weighted by atomic mass is 16.5. The minimum atomic E-state index is -0.280. The lowest BCUT2D eigenvalue weighted by Gasteiger charge is -2.16. The molecule has 3 heteroatoms.